The van der Waals surface area contributed by atoms with Crippen molar-refractivity contribution < 1.29 is 17.7 Å². The summed E-state index contributed by atoms with van der Waals surface area (Å²) in [5, 5.41) is 2.70. The van der Waals surface area contributed by atoms with Crippen LogP contribution in [0.5, 0.6) is 0 Å². The molecular weight excluding hydrogens is 262 g/mol. The lowest BCUT2D eigenvalue weighted by molar-refractivity contribution is -0.136. The van der Waals surface area contributed by atoms with Gasteiger partial charge in [0.25, 0.3) is 0 Å². The van der Waals surface area contributed by atoms with Gasteiger partial charge in [-0.05, 0) is 31.5 Å². The van der Waals surface area contributed by atoms with Crippen LogP contribution in [0.15, 0.2) is 18.2 Å². The van der Waals surface area contributed by atoms with Crippen molar-refractivity contribution in [3.05, 3.63) is 23.8 Å². The molecule has 0 spiro atoms. The van der Waals surface area contributed by atoms with Gasteiger partial charge in [0.1, 0.15) is 7.14 Å². The summed E-state index contributed by atoms with van der Waals surface area (Å²) < 4.78 is 50.4. The Morgan fingerprint density at radius 1 is 1.39 bits per heavy atom. The Hall–Kier alpha value is -1.40. The Morgan fingerprint density at radius 2 is 2.00 bits per heavy atom. The first-order valence-electron chi connectivity index (χ1n) is 5.10. The molecule has 98 valence electrons. The summed E-state index contributed by atoms with van der Waals surface area (Å²) in [6.45, 7) is 2.85. The van der Waals surface area contributed by atoms with E-state index in [4.69, 9.17) is 6.42 Å². The SMILES string of the molecule is C#CCNc1ccc(P(C)(C)=O)cc1C(F)(F)F. The fourth-order valence-electron chi connectivity index (χ4n) is 1.40. The zero-order chi connectivity index (χ0) is 14.0. The number of rotatable bonds is 3. The molecule has 1 aromatic rings. The van der Waals surface area contributed by atoms with Gasteiger partial charge < -0.3 is 9.88 Å². The molecule has 18 heavy (non-hydrogen) atoms. The minimum absolute atomic E-state index is 0.00165. The molecule has 0 aliphatic heterocycles. The van der Waals surface area contributed by atoms with Crippen molar-refractivity contribution >= 4 is 18.1 Å². The fourth-order valence-corrected chi connectivity index (χ4v) is 2.28. The summed E-state index contributed by atoms with van der Waals surface area (Å²) in [5.41, 5.74) is -0.947. The molecule has 1 N–H and O–H groups in total. The molecule has 0 heterocycles. The van der Waals surface area contributed by atoms with E-state index in [-0.39, 0.29) is 17.5 Å². The van der Waals surface area contributed by atoms with Crippen molar-refractivity contribution in [2.75, 3.05) is 25.2 Å². The molecule has 2 nitrogen and oxygen atoms in total. The number of alkyl halides is 3. The Labute approximate surface area is 104 Å². The highest BCUT2D eigenvalue weighted by molar-refractivity contribution is 7.70. The molecule has 0 saturated carbocycles. The predicted octanol–water partition coefficient (Wildman–Crippen LogP) is 3.00. The molecular formula is C12H13F3NOP. The quantitative estimate of drug-likeness (QED) is 0.678. The molecule has 0 aromatic heterocycles. The molecule has 0 aliphatic carbocycles. The van der Waals surface area contributed by atoms with E-state index >= 15 is 0 Å². The van der Waals surface area contributed by atoms with Crippen LogP contribution in [-0.4, -0.2) is 19.9 Å². The van der Waals surface area contributed by atoms with Gasteiger partial charge in [-0.15, -0.1) is 6.42 Å². The van der Waals surface area contributed by atoms with Crippen LogP contribution in [0.25, 0.3) is 0 Å². The van der Waals surface area contributed by atoms with E-state index in [1.54, 1.807) is 0 Å². The van der Waals surface area contributed by atoms with Crippen molar-refractivity contribution in [1.82, 2.24) is 0 Å². The summed E-state index contributed by atoms with van der Waals surface area (Å²) in [5.74, 6) is 2.21. The van der Waals surface area contributed by atoms with E-state index in [1.165, 1.54) is 25.5 Å². The van der Waals surface area contributed by atoms with Gasteiger partial charge in [0, 0.05) is 11.0 Å². The summed E-state index contributed by atoms with van der Waals surface area (Å²) in [6.07, 6.45) is 0.485. The van der Waals surface area contributed by atoms with E-state index < -0.39 is 18.9 Å². The van der Waals surface area contributed by atoms with Gasteiger partial charge in [0.05, 0.1) is 12.1 Å². The van der Waals surface area contributed by atoms with Gasteiger partial charge in [-0.2, -0.15) is 13.2 Å². The second kappa shape index (κ2) is 5.07. The second-order valence-electron chi connectivity index (χ2n) is 4.14. The molecule has 1 rings (SSSR count). The molecule has 0 unspecified atom stereocenters. The first-order chi connectivity index (χ1) is 8.16. The standard InChI is InChI=1S/C12H13F3NOP/c1-4-7-16-11-6-5-9(18(2,3)17)8-10(11)12(13,14)15/h1,5-6,8,16H,7H2,2-3H3. The minimum Gasteiger partial charge on any atom is -0.374 e. The van der Waals surface area contributed by atoms with E-state index in [9.17, 15) is 17.7 Å². The molecule has 0 amide bonds. The number of halogens is 3. The normalized spacial score (nSPS) is 12.0. The third kappa shape index (κ3) is 3.54. The Kier molecular flexibility index (Phi) is 4.13. The van der Waals surface area contributed by atoms with Gasteiger partial charge in [0.15, 0.2) is 0 Å². The molecule has 0 bridgehead atoms. The monoisotopic (exact) mass is 275 g/mol. The van der Waals surface area contributed by atoms with Crippen LogP contribution in [0.1, 0.15) is 5.56 Å². The first-order valence-corrected chi connectivity index (χ1v) is 7.70. The maximum atomic E-state index is 12.9. The van der Waals surface area contributed by atoms with Crippen LogP contribution in [-0.2, 0) is 10.7 Å². The number of benzene rings is 1. The summed E-state index contributed by atoms with van der Waals surface area (Å²) >= 11 is 0. The maximum Gasteiger partial charge on any atom is 0.418 e. The van der Waals surface area contributed by atoms with Crippen LogP contribution in [0.2, 0.25) is 0 Å². The van der Waals surface area contributed by atoms with E-state index in [2.05, 4.69) is 11.2 Å². The van der Waals surface area contributed by atoms with Crippen molar-refractivity contribution in [2.45, 2.75) is 6.18 Å². The number of nitrogens with one attached hydrogen (secondary N) is 1. The maximum absolute atomic E-state index is 12.9. The van der Waals surface area contributed by atoms with Crippen molar-refractivity contribution in [2.24, 2.45) is 0 Å². The largest absolute Gasteiger partial charge is 0.418 e. The van der Waals surface area contributed by atoms with Crippen LogP contribution in [0.4, 0.5) is 18.9 Å². The van der Waals surface area contributed by atoms with E-state index in [0.29, 0.717) is 0 Å². The van der Waals surface area contributed by atoms with Crippen LogP contribution in [0.3, 0.4) is 0 Å². The minimum atomic E-state index is -4.51. The first kappa shape index (κ1) is 14.7. The average molecular weight is 275 g/mol. The highest BCUT2D eigenvalue weighted by atomic mass is 31.2. The van der Waals surface area contributed by atoms with Gasteiger partial charge in [0.2, 0.25) is 0 Å². The third-order valence-electron chi connectivity index (χ3n) is 2.31. The second-order valence-corrected chi connectivity index (χ2v) is 7.35. The van der Waals surface area contributed by atoms with E-state index in [0.717, 1.165) is 6.07 Å². The van der Waals surface area contributed by atoms with Crippen LogP contribution in [0, 0.1) is 12.3 Å². The Balaban J connectivity index is 3.31. The molecule has 0 radical (unpaired) electrons. The number of terminal acetylenes is 1. The lowest BCUT2D eigenvalue weighted by Gasteiger charge is -2.16. The van der Waals surface area contributed by atoms with Crippen LogP contribution >= 0.6 is 7.14 Å². The zero-order valence-corrected chi connectivity index (χ0v) is 10.9. The zero-order valence-electron chi connectivity index (χ0n) is 10.0. The molecule has 6 heteroatoms. The van der Waals surface area contributed by atoms with Crippen molar-refractivity contribution in [1.29, 1.82) is 0 Å². The lowest BCUT2D eigenvalue weighted by Crippen LogP contribution is -2.15. The predicted molar refractivity (Wildman–Crippen MR) is 67.9 cm³/mol. The number of hydrogen-bond donors (Lipinski definition) is 1. The number of anilines is 1. The highest BCUT2D eigenvalue weighted by Gasteiger charge is 2.34. The van der Waals surface area contributed by atoms with Crippen molar-refractivity contribution in [3.63, 3.8) is 0 Å². The van der Waals surface area contributed by atoms with Gasteiger partial charge >= 0.3 is 6.18 Å². The Bertz CT molecular complexity index is 525. The van der Waals surface area contributed by atoms with Gasteiger partial charge in [-0.3, -0.25) is 0 Å². The average Bonchev–Trinajstić information content (AvgIpc) is 2.23. The molecule has 0 aliphatic rings. The topological polar surface area (TPSA) is 29.1 Å². The van der Waals surface area contributed by atoms with Gasteiger partial charge in [-0.1, -0.05) is 5.92 Å². The third-order valence-corrected chi connectivity index (χ3v) is 3.83. The fraction of sp³-hybridized carbons (Fsp3) is 0.333. The highest BCUT2D eigenvalue weighted by Crippen LogP contribution is 2.39. The van der Waals surface area contributed by atoms with Crippen LogP contribution < -0.4 is 10.6 Å². The number of hydrogen-bond acceptors (Lipinski definition) is 2. The molecule has 1 aromatic carbocycles. The summed E-state index contributed by atoms with van der Waals surface area (Å²) in [7, 11) is -2.73. The smallest absolute Gasteiger partial charge is 0.374 e. The van der Waals surface area contributed by atoms with Crippen molar-refractivity contribution in [3.8, 4) is 12.3 Å². The summed E-state index contributed by atoms with van der Waals surface area (Å²) in [6, 6.07) is 3.60. The van der Waals surface area contributed by atoms with E-state index in [1.807, 2.05) is 0 Å². The van der Waals surface area contributed by atoms with Gasteiger partial charge in [-0.25, -0.2) is 0 Å². The molecule has 0 saturated heterocycles. The molecule has 0 atom stereocenters. The summed E-state index contributed by atoms with van der Waals surface area (Å²) in [4.78, 5) is 0. The Morgan fingerprint density at radius 3 is 2.44 bits per heavy atom. The lowest BCUT2D eigenvalue weighted by atomic mass is 10.1. The molecule has 0 fully saturated rings.